The Morgan fingerprint density at radius 3 is 1.50 bits per heavy atom. The smallest absolute Gasteiger partial charge is 0.256 e. The van der Waals surface area contributed by atoms with Gasteiger partial charge in [-0.3, -0.25) is 14.4 Å². The van der Waals surface area contributed by atoms with Gasteiger partial charge in [0.1, 0.15) is 0 Å². The predicted octanol–water partition coefficient (Wildman–Crippen LogP) is 2.53. The highest BCUT2D eigenvalue weighted by Gasteiger charge is 2.23. The van der Waals surface area contributed by atoms with Gasteiger partial charge in [-0.15, -0.1) is 0 Å². The van der Waals surface area contributed by atoms with E-state index in [0.717, 1.165) is 0 Å². The van der Waals surface area contributed by atoms with E-state index in [-0.39, 0.29) is 18.1 Å². The zero-order valence-electron chi connectivity index (χ0n) is 16.3. The van der Waals surface area contributed by atoms with Crippen LogP contribution in [0.4, 0.5) is 5.69 Å². The number of hydrogen-bond donors (Lipinski definition) is 3. The zero-order chi connectivity index (χ0) is 21.5. The third kappa shape index (κ3) is 5.02. The Morgan fingerprint density at radius 2 is 1.10 bits per heavy atom. The van der Waals surface area contributed by atoms with Crippen LogP contribution in [0.25, 0.3) is 0 Å². The van der Waals surface area contributed by atoms with Crippen LogP contribution in [-0.2, 0) is 0 Å². The maximum absolute atomic E-state index is 12.7. The Balaban J connectivity index is 1.84. The van der Waals surface area contributed by atoms with Crippen LogP contribution in [0.15, 0.2) is 84.9 Å². The number of hydrogen-bond acceptors (Lipinski definition) is 4. The van der Waals surface area contributed by atoms with Gasteiger partial charge in [-0.1, -0.05) is 36.4 Å². The van der Waals surface area contributed by atoms with Gasteiger partial charge in [0.15, 0.2) is 0 Å². The summed E-state index contributed by atoms with van der Waals surface area (Å²) in [5.41, 5.74) is 7.17. The van der Waals surface area contributed by atoms with Crippen LogP contribution in [0, 0.1) is 6.29 Å². The van der Waals surface area contributed by atoms with Crippen molar-refractivity contribution in [1.29, 1.82) is 0 Å². The molecule has 0 aromatic heterocycles. The average Bonchev–Trinajstić information content (AvgIpc) is 2.79. The van der Waals surface area contributed by atoms with Gasteiger partial charge in [0, 0.05) is 29.4 Å². The summed E-state index contributed by atoms with van der Waals surface area (Å²) < 4.78 is 0. The van der Waals surface area contributed by atoms with E-state index in [1.54, 1.807) is 84.7 Å². The molecule has 0 saturated heterocycles. The van der Waals surface area contributed by atoms with E-state index >= 15 is 0 Å². The van der Waals surface area contributed by atoms with Gasteiger partial charge in [0.2, 0.25) is 5.91 Å². The van der Waals surface area contributed by atoms with Gasteiger partial charge < -0.3 is 21.3 Å². The van der Waals surface area contributed by atoms with Crippen LogP contribution in [-0.4, -0.2) is 24.8 Å². The van der Waals surface area contributed by atoms with Gasteiger partial charge in [-0.05, 0) is 48.5 Å². The maximum Gasteiger partial charge on any atom is 0.256 e. The third-order valence-electron chi connectivity index (χ3n) is 4.41. The first-order valence-electron chi connectivity index (χ1n) is 9.19. The number of nitrogens with zero attached hydrogens (tertiary/aromatic N) is 1. The second-order valence-corrected chi connectivity index (χ2v) is 6.46. The molecule has 0 saturated carbocycles. The van der Waals surface area contributed by atoms with E-state index in [2.05, 4.69) is 10.6 Å². The summed E-state index contributed by atoms with van der Waals surface area (Å²) in [4.78, 5) is 38.3. The Hall–Kier alpha value is -4.13. The van der Waals surface area contributed by atoms with Crippen LogP contribution in [0.1, 0.15) is 31.1 Å². The average molecular weight is 401 g/mol. The van der Waals surface area contributed by atoms with Crippen molar-refractivity contribution in [2.75, 3.05) is 11.9 Å². The second-order valence-electron chi connectivity index (χ2n) is 6.46. The number of carbonyl (C=O) groups is 3. The van der Waals surface area contributed by atoms with Crippen LogP contribution in [0.5, 0.6) is 0 Å². The Morgan fingerprint density at radius 1 is 0.667 bits per heavy atom. The summed E-state index contributed by atoms with van der Waals surface area (Å²) >= 11 is 0. The maximum atomic E-state index is 12.7. The van der Waals surface area contributed by atoms with E-state index in [1.807, 2.05) is 12.1 Å². The van der Waals surface area contributed by atoms with E-state index < -0.39 is 5.91 Å². The monoisotopic (exact) mass is 401 g/mol. The van der Waals surface area contributed by atoms with Crippen molar-refractivity contribution in [3.05, 3.63) is 108 Å². The topological polar surface area (TPSA) is 105 Å². The summed E-state index contributed by atoms with van der Waals surface area (Å²) in [6, 6.07) is 23.8. The van der Waals surface area contributed by atoms with Crippen molar-refractivity contribution in [3.63, 3.8) is 0 Å². The summed E-state index contributed by atoms with van der Waals surface area (Å²) in [6.45, 7) is 0. The van der Waals surface area contributed by atoms with Gasteiger partial charge in [0.25, 0.3) is 18.1 Å². The minimum Gasteiger partial charge on any atom is -0.366 e. The number of anilines is 1. The molecule has 3 aromatic carbocycles. The zero-order valence-corrected chi connectivity index (χ0v) is 16.3. The van der Waals surface area contributed by atoms with Gasteiger partial charge in [0.05, 0.1) is 0 Å². The molecule has 3 amide bonds. The fourth-order valence-electron chi connectivity index (χ4n) is 2.72. The van der Waals surface area contributed by atoms with E-state index in [0.29, 0.717) is 22.4 Å². The lowest BCUT2D eigenvalue weighted by Crippen LogP contribution is -2.50. The molecule has 0 bridgehead atoms. The lowest BCUT2D eigenvalue weighted by atomic mass is 10.2. The molecule has 0 atom stereocenters. The molecular formula is C23H21N4O3. The lowest BCUT2D eigenvalue weighted by Gasteiger charge is -2.29. The highest BCUT2D eigenvalue weighted by Crippen LogP contribution is 2.18. The fraction of sp³-hybridized carbons (Fsp3) is 0.0435. The number of rotatable bonds is 7. The highest BCUT2D eigenvalue weighted by molar-refractivity contribution is 5.98. The number of carbonyl (C=O) groups excluding carboxylic acids is 3. The predicted molar refractivity (Wildman–Crippen MR) is 114 cm³/mol. The summed E-state index contributed by atoms with van der Waals surface area (Å²) in [5.74, 6) is -1.29. The Bertz CT molecular complexity index is 968. The molecule has 0 aliphatic carbocycles. The van der Waals surface area contributed by atoms with Crippen molar-refractivity contribution >= 4 is 23.4 Å². The standard InChI is InChI=1S/C23H21N4O3/c1-27(19-14-12-16(13-15-19)20(24)28)23(25-21(29)17-8-4-2-5-9-17)26-22(30)18-10-6-3-7-11-18/h2-15H,1H3,(H2,24,28)(H,25,29)(H,26,30). The first kappa shape index (κ1) is 20.6. The summed E-state index contributed by atoms with van der Waals surface area (Å²) in [7, 11) is 1.69. The quantitative estimate of drug-likeness (QED) is 0.566. The largest absolute Gasteiger partial charge is 0.366 e. The van der Waals surface area contributed by atoms with Crippen molar-refractivity contribution in [1.82, 2.24) is 10.6 Å². The van der Waals surface area contributed by atoms with Gasteiger partial charge in [-0.2, -0.15) is 0 Å². The molecule has 0 heterocycles. The molecule has 0 aliphatic rings. The molecule has 0 fully saturated rings. The van der Waals surface area contributed by atoms with E-state index in [1.165, 1.54) is 0 Å². The van der Waals surface area contributed by atoms with Crippen molar-refractivity contribution < 1.29 is 14.4 Å². The van der Waals surface area contributed by atoms with E-state index in [9.17, 15) is 14.4 Å². The molecule has 7 nitrogen and oxygen atoms in total. The molecule has 151 valence electrons. The molecule has 0 spiro atoms. The molecule has 3 rings (SSSR count). The highest BCUT2D eigenvalue weighted by atomic mass is 16.2. The number of nitrogens with one attached hydrogen (secondary N) is 2. The molecule has 3 aromatic rings. The molecule has 1 radical (unpaired) electrons. The summed E-state index contributed by atoms with van der Waals surface area (Å²) in [5, 5.41) is 5.50. The van der Waals surface area contributed by atoms with E-state index in [4.69, 9.17) is 5.73 Å². The van der Waals surface area contributed by atoms with Crippen LogP contribution < -0.4 is 21.3 Å². The SMILES string of the molecule is CN([C](NC(=O)c1ccccc1)NC(=O)c1ccccc1)c1ccc(C(N)=O)cc1. The molecule has 0 unspecified atom stereocenters. The third-order valence-corrected chi connectivity index (χ3v) is 4.41. The summed E-state index contributed by atoms with van der Waals surface area (Å²) in [6.07, 6.45) is 0.171. The van der Waals surface area contributed by atoms with Gasteiger partial charge in [-0.25, -0.2) is 0 Å². The lowest BCUT2D eigenvalue weighted by molar-refractivity contribution is 0.0919. The molecule has 30 heavy (non-hydrogen) atoms. The molecule has 0 aliphatic heterocycles. The first-order chi connectivity index (χ1) is 14.5. The Labute approximate surface area is 174 Å². The second kappa shape index (κ2) is 9.38. The Kier molecular flexibility index (Phi) is 6.44. The molecule has 4 N–H and O–H groups in total. The van der Waals surface area contributed by atoms with Crippen LogP contribution >= 0.6 is 0 Å². The number of benzene rings is 3. The number of nitrogens with two attached hydrogens (primary N) is 1. The minimum atomic E-state index is -0.539. The fourth-order valence-corrected chi connectivity index (χ4v) is 2.72. The van der Waals surface area contributed by atoms with Crippen LogP contribution in [0.2, 0.25) is 0 Å². The number of amides is 3. The van der Waals surface area contributed by atoms with Gasteiger partial charge >= 0.3 is 0 Å². The first-order valence-corrected chi connectivity index (χ1v) is 9.19. The molecular weight excluding hydrogens is 380 g/mol. The van der Waals surface area contributed by atoms with Crippen LogP contribution in [0.3, 0.4) is 0 Å². The van der Waals surface area contributed by atoms with Crippen molar-refractivity contribution in [3.8, 4) is 0 Å². The normalized spacial score (nSPS) is 10.3. The van der Waals surface area contributed by atoms with Crippen molar-refractivity contribution in [2.24, 2.45) is 5.73 Å². The van der Waals surface area contributed by atoms with Crippen molar-refractivity contribution in [2.45, 2.75) is 0 Å². The minimum absolute atomic E-state index is 0.171. The molecule has 7 heteroatoms. The number of primary amides is 1.